The number of aromatic nitrogens is 2. The Morgan fingerprint density at radius 2 is 2.32 bits per heavy atom. The predicted molar refractivity (Wildman–Crippen MR) is 71.2 cm³/mol. The Morgan fingerprint density at radius 3 is 3.00 bits per heavy atom. The zero-order chi connectivity index (χ0) is 13.8. The van der Waals surface area contributed by atoms with E-state index in [1.807, 2.05) is 18.7 Å². The normalized spacial score (nSPS) is 23.4. The van der Waals surface area contributed by atoms with Crippen LogP contribution in [-0.2, 0) is 4.74 Å². The van der Waals surface area contributed by atoms with Crippen LogP contribution in [0.25, 0.3) is 0 Å². The maximum Gasteiger partial charge on any atom is 0.242 e. The number of nitrogen functional groups attached to an aromatic ring is 1. The van der Waals surface area contributed by atoms with Gasteiger partial charge in [-0.2, -0.15) is 4.98 Å². The van der Waals surface area contributed by atoms with Gasteiger partial charge in [0.05, 0.1) is 25.4 Å². The fourth-order valence-electron chi connectivity index (χ4n) is 2.19. The third-order valence-electron chi connectivity index (χ3n) is 2.94. The number of hydrogen-bond donors (Lipinski definition) is 2. The topological polar surface area (TPSA) is 93.7 Å². The third kappa shape index (κ3) is 3.05. The lowest BCUT2D eigenvalue weighted by Crippen LogP contribution is -2.48. The maximum absolute atomic E-state index is 9.24. The van der Waals surface area contributed by atoms with Crippen LogP contribution in [0.5, 0.6) is 5.88 Å². The molecule has 7 heteroatoms. The van der Waals surface area contributed by atoms with Crippen LogP contribution in [0.4, 0.5) is 11.5 Å². The van der Waals surface area contributed by atoms with Gasteiger partial charge in [0.1, 0.15) is 12.0 Å². The summed E-state index contributed by atoms with van der Waals surface area (Å²) in [5.41, 5.74) is 6.46. The minimum atomic E-state index is -0.228. The summed E-state index contributed by atoms with van der Waals surface area (Å²) >= 11 is 0. The highest BCUT2D eigenvalue weighted by atomic mass is 16.5. The Balaban J connectivity index is 2.23. The molecule has 1 aliphatic heterocycles. The van der Waals surface area contributed by atoms with Crippen LogP contribution in [0.15, 0.2) is 6.33 Å². The molecule has 0 radical (unpaired) electrons. The molecule has 0 saturated carbocycles. The molecule has 106 valence electrons. The number of morpholine rings is 1. The average Bonchev–Trinajstić information content (AvgIpc) is 2.40. The minimum absolute atomic E-state index is 0.0100. The first-order chi connectivity index (χ1) is 9.15. The van der Waals surface area contributed by atoms with Gasteiger partial charge in [0, 0.05) is 13.1 Å². The van der Waals surface area contributed by atoms with Crippen LogP contribution in [0.1, 0.15) is 13.8 Å². The molecule has 0 amide bonds. The summed E-state index contributed by atoms with van der Waals surface area (Å²) < 4.78 is 11.0. The van der Waals surface area contributed by atoms with E-state index in [9.17, 15) is 5.11 Å². The quantitative estimate of drug-likeness (QED) is 0.796. The van der Waals surface area contributed by atoms with Crippen molar-refractivity contribution in [2.45, 2.75) is 26.1 Å². The van der Waals surface area contributed by atoms with Gasteiger partial charge in [0.2, 0.25) is 5.88 Å². The molecule has 1 fully saturated rings. The van der Waals surface area contributed by atoms with Gasteiger partial charge in [0.15, 0.2) is 5.82 Å². The monoisotopic (exact) mass is 268 g/mol. The number of nitrogens with zero attached hydrogens (tertiary/aromatic N) is 3. The van der Waals surface area contributed by atoms with Crippen molar-refractivity contribution in [2.75, 3.05) is 36.9 Å². The van der Waals surface area contributed by atoms with Crippen molar-refractivity contribution in [3.63, 3.8) is 0 Å². The highest BCUT2D eigenvalue weighted by Gasteiger charge is 2.27. The van der Waals surface area contributed by atoms with Crippen molar-refractivity contribution in [2.24, 2.45) is 0 Å². The standard InChI is InChI=1S/C12H20N4O3/c1-3-18-12-10(13)11(14-7-15-12)16-4-8(2)19-9(5-16)6-17/h7-9,17H,3-6,13H2,1-2H3. The van der Waals surface area contributed by atoms with Crippen molar-refractivity contribution < 1.29 is 14.6 Å². The second-order valence-corrected chi connectivity index (χ2v) is 4.51. The first-order valence-electron chi connectivity index (χ1n) is 6.40. The molecule has 7 nitrogen and oxygen atoms in total. The van der Waals surface area contributed by atoms with Crippen molar-refractivity contribution >= 4 is 11.5 Å². The van der Waals surface area contributed by atoms with Crippen LogP contribution in [0, 0.1) is 0 Å². The number of anilines is 2. The predicted octanol–water partition coefficient (Wildman–Crippen LogP) is 0.0435. The molecule has 0 bridgehead atoms. The van der Waals surface area contributed by atoms with E-state index in [0.29, 0.717) is 37.1 Å². The maximum atomic E-state index is 9.24. The molecule has 1 aromatic heterocycles. The average molecular weight is 268 g/mol. The molecule has 2 atom stereocenters. The molecule has 2 rings (SSSR count). The lowest BCUT2D eigenvalue weighted by molar-refractivity contribution is -0.0422. The Kier molecular flexibility index (Phi) is 4.39. The molecule has 1 saturated heterocycles. The number of aliphatic hydroxyl groups is 1. The lowest BCUT2D eigenvalue weighted by Gasteiger charge is -2.37. The van der Waals surface area contributed by atoms with Crippen LogP contribution in [0.2, 0.25) is 0 Å². The number of aliphatic hydroxyl groups excluding tert-OH is 1. The molecule has 1 aromatic rings. The molecular formula is C12H20N4O3. The van der Waals surface area contributed by atoms with Crippen molar-refractivity contribution in [1.29, 1.82) is 0 Å². The van der Waals surface area contributed by atoms with Crippen LogP contribution >= 0.6 is 0 Å². The van der Waals surface area contributed by atoms with E-state index in [-0.39, 0.29) is 18.8 Å². The van der Waals surface area contributed by atoms with E-state index in [0.717, 1.165) is 0 Å². The van der Waals surface area contributed by atoms with E-state index in [1.165, 1.54) is 6.33 Å². The van der Waals surface area contributed by atoms with E-state index in [1.54, 1.807) is 0 Å². The summed E-state index contributed by atoms with van der Waals surface area (Å²) in [5.74, 6) is 1.03. The second kappa shape index (κ2) is 6.03. The summed E-state index contributed by atoms with van der Waals surface area (Å²) in [5, 5.41) is 9.24. The first-order valence-corrected chi connectivity index (χ1v) is 6.40. The molecule has 2 unspecified atom stereocenters. The van der Waals surface area contributed by atoms with Gasteiger partial charge in [-0.25, -0.2) is 4.98 Å². The molecular weight excluding hydrogens is 248 g/mol. The van der Waals surface area contributed by atoms with Gasteiger partial charge in [0.25, 0.3) is 0 Å². The fraction of sp³-hybridized carbons (Fsp3) is 0.667. The highest BCUT2D eigenvalue weighted by Crippen LogP contribution is 2.29. The number of hydrogen-bond acceptors (Lipinski definition) is 7. The Bertz CT molecular complexity index is 429. The van der Waals surface area contributed by atoms with Crippen molar-refractivity contribution in [1.82, 2.24) is 9.97 Å². The van der Waals surface area contributed by atoms with Gasteiger partial charge in [-0.05, 0) is 13.8 Å². The van der Waals surface area contributed by atoms with Crippen molar-refractivity contribution in [3.05, 3.63) is 6.33 Å². The molecule has 0 spiro atoms. The summed E-state index contributed by atoms with van der Waals surface area (Å²) in [6.07, 6.45) is 1.22. The summed E-state index contributed by atoms with van der Waals surface area (Å²) in [6.45, 7) is 5.52. The lowest BCUT2D eigenvalue weighted by atomic mass is 10.2. The number of nitrogens with two attached hydrogens (primary N) is 1. The number of rotatable bonds is 4. The molecule has 0 aliphatic carbocycles. The number of ether oxygens (including phenoxy) is 2. The second-order valence-electron chi connectivity index (χ2n) is 4.51. The first kappa shape index (κ1) is 13.8. The molecule has 0 aromatic carbocycles. The largest absolute Gasteiger partial charge is 0.476 e. The smallest absolute Gasteiger partial charge is 0.242 e. The minimum Gasteiger partial charge on any atom is -0.476 e. The zero-order valence-corrected chi connectivity index (χ0v) is 11.2. The summed E-state index contributed by atoms with van der Waals surface area (Å²) in [6, 6.07) is 0. The SMILES string of the molecule is CCOc1ncnc(N2CC(C)OC(CO)C2)c1N. The Hall–Kier alpha value is -1.60. The van der Waals surface area contributed by atoms with Crippen LogP contribution in [0.3, 0.4) is 0 Å². The third-order valence-corrected chi connectivity index (χ3v) is 2.94. The zero-order valence-electron chi connectivity index (χ0n) is 11.2. The van der Waals surface area contributed by atoms with Gasteiger partial charge < -0.3 is 25.2 Å². The van der Waals surface area contributed by atoms with Crippen molar-refractivity contribution in [3.8, 4) is 5.88 Å². The highest BCUT2D eigenvalue weighted by molar-refractivity contribution is 5.68. The Morgan fingerprint density at radius 1 is 1.53 bits per heavy atom. The van der Waals surface area contributed by atoms with Crippen LogP contribution < -0.4 is 15.4 Å². The summed E-state index contributed by atoms with van der Waals surface area (Å²) in [7, 11) is 0. The van der Waals surface area contributed by atoms with E-state index in [4.69, 9.17) is 15.2 Å². The van der Waals surface area contributed by atoms with E-state index >= 15 is 0 Å². The van der Waals surface area contributed by atoms with Gasteiger partial charge >= 0.3 is 0 Å². The Labute approximate surface area is 112 Å². The fourth-order valence-corrected chi connectivity index (χ4v) is 2.19. The van der Waals surface area contributed by atoms with E-state index in [2.05, 4.69) is 9.97 Å². The van der Waals surface area contributed by atoms with Gasteiger partial charge in [-0.15, -0.1) is 0 Å². The van der Waals surface area contributed by atoms with Gasteiger partial charge in [-0.1, -0.05) is 0 Å². The van der Waals surface area contributed by atoms with E-state index < -0.39 is 0 Å². The van der Waals surface area contributed by atoms with Gasteiger partial charge in [-0.3, -0.25) is 0 Å². The molecule has 2 heterocycles. The molecule has 1 aliphatic rings. The molecule has 3 N–H and O–H groups in total. The molecule has 19 heavy (non-hydrogen) atoms. The van der Waals surface area contributed by atoms with Crippen LogP contribution in [-0.4, -0.2) is 53.6 Å². The summed E-state index contributed by atoms with van der Waals surface area (Å²) in [4.78, 5) is 10.2.